The van der Waals surface area contributed by atoms with E-state index in [4.69, 9.17) is 4.74 Å². The van der Waals surface area contributed by atoms with Crippen LogP contribution in [0.3, 0.4) is 0 Å². The van der Waals surface area contributed by atoms with Crippen LogP contribution in [0.25, 0.3) is 0 Å². The molecule has 3 nitrogen and oxygen atoms in total. The molecule has 0 N–H and O–H groups in total. The van der Waals surface area contributed by atoms with E-state index in [9.17, 15) is 4.79 Å². The average molecular weight is 213 g/mol. The summed E-state index contributed by atoms with van der Waals surface area (Å²) in [5, 5.41) is 0. The molecule has 0 aromatic heterocycles. The molecular formula is C12H23NO2. The molecule has 1 aliphatic heterocycles. The second-order valence-corrected chi connectivity index (χ2v) is 5.11. The quantitative estimate of drug-likeness (QED) is 0.704. The number of hydrogen-bond donors (Lipinski definition) is 0. The lowest BCUT2D eigenvalue weighted by atomic mass is 9.90. The molecule has 1 rings (SSSR count). The van der Waals surface area contributed by atoms with Gasteiger partial charge in [0.1, 0.15) is 6.73 Å². The fraction of sp³-hybridized carbons (Fsp3) is 0.917. The molecule has 1 heterocycles. The first-order chi connectivity index (χ1) is 6.93. The lowest BCUT2D eigenvalue weighted by Crippen LogP contribution is -2.51. The highest BCUT2D eigenvalue weighted by Crippen LogP contribution is 2.26. The standard InChI is InChI=1S/C12H23NO2/c1-8(2)11-6-12(9(3)4)15-7-13(11)10(5)14/h8-9,11-12H,6-7H2,1-5H3. The van der Waals surface area contributed by atoms with Crippen molar-refractivity contribution >= 4 is 5.91 Å². The largest absolute Gasteiger partial charge is 0.357 e. The predicted octanol–water partition coefficient (Wildman–Crippen LogP) is 2.26. The molecule has 2 atom stereocenters. The van der Waals surface area contributed by atoms with Crippen LogP contribution in [0.1, 0.15) is 41.0 Å². The molecule has 2 unspecified atom stereocenters. The van der Waals surface area contributed by atoms with E-state index in [0.717, 1.165) is 6.42 Å². The van der Waals surface area contributed by atoms with Crippen molar-refractivity contribution in [3.05, 3.63) is 0 Å². The summed E-state index contributed by atoms with van der Waals surface area (Å²) in [5.41, 5.74) is 0. The number of nitrogens with zero attached hydrogens (tertiary/aromatic N) is 1. The molecule has 0 radical (unpaired) electrons. The third kappa shape index (κ3) is 2.94. The molecule has 88 valence electrons. The van der Waals surface area contributed by atoms with Gasteiger partial charge in [-0.05, 0) is 18.3 Å². The first kappa shape index (κ1) is 12.5. The highest BCUT2D eigenvalue weighted by Gasteiger charge is 2.33. The van der Waals surface area contributed by atoms with Gasteiger partial charge in [0.15, 0.2) is 0 Å². The summed E-state index contributed by atoms with van der Waals surface area (Å²) in [6.07, 6.45) is 1.27. The monoisotopic (exact) mass is 213 g/mol. The summed E-state index contributed by atoms with van der Waals surface area (Å²) in [6.45, 7) is 10.8. The molecule has 3 heteroatoms. The fourth-order valence-electron chi connectivity index (χ4n) is 2.13. The van der Waals surface area contributed by atoms with Gasteiger partial charge < -0.3 is 9.64 Å². The molecule has 1 fully saturated rings. The normalized spacial score (nSPS) is 27.5. The van der Waals surface area contributed by atoms with Gasteiger partial charge in [0.25, 0.3) is 0 Å². The maximum Gasteiger partial charge on any atom is 0.221 e. The number of ether oxygens (including phenoxy) is 1. The van der Waals surface area contributed by atoms with Gasteiger partial charge in [0.05, 0.1) is 6.10 Å². The predicted molar refractivity (Wildman–Crippen MR) is 60.3 cm³/mol. The molecule has 1 saturated heterocycles. The van der Waals surface area contributed by atoms with Gasteiger partial charge in [-0.25, -0.2) is 0 Å². The van der Waals surface area contributed by atoms with Crippen LogP contribution in [0.4, 0.5) is 0 Å². The molecule has 0 aliphatic carbocycles. The Balaban J connectivity index is 2.69. The second kappa shape index (κ2) is 4.97. The number of amides is 1. The average Bonchev–Trinajstić information content (AvgIpc) is 2.16. The van der Waals surface area contributed by atoms with E-state index in [1.807, 2.05) is 4.90 Å². The molecule has 0 bridgehead atoms. The van der Waals surface area contributed by atoms with Gasteiger partial charge in [0.2, 0.25) is 5.91 Å². The maximum absolute atomic E-state index is 11.4. The van der Waals surface area contributed by atoms with Crippen LogP contribution in [0.5, 0.6) is 0 Å². The van der Waals surface area contributed by atoms with E-state index in [0.29, 0.717) is 30.7 Å². The number of hydrogen-bond acceptors (Lipinski definition) is 2. The summed E-state index contributed by atoms with van der Waals surface area (Å²) < 4.78 is 5.70. The molecular weight excluding hydrogens is 190 g/mol. The van der Waals surface area contributed by atoms with Crippen LogP contribution in [-0.2, 0) is 9.53 Å². The summed E-state index contributed by atoms with van der Waals surface area (Å²) >= 11 is 0. The molecule has 1 amide bonds. The Hall–Kier alpha value is -0.570. The van der Waals surface area contributed by atoms with E-state index in [-0.39, 0.29) is 5.91 Å². The van der Waals surface area contributed by atoms with E-state index < -0.39 is 0 Å². The SMILES string of the molecule is CC(=O)N1COC(C(C)C)CC1C(C)C. The Morgan fingerprint density at radius 2 is 1.87 bits per heavy atom. The highest BCUT2D eigenvalue weighted by atomic mass is 16.5. The molecule has 1 aliphatic rings. The zero-order valence-electron chi connectivity index (χ0n) is 10.5. The summed E-state index contributed by atoms with van der Waals surface area (Å²) in [7, 11) is 0. The second-order valence-electron chi connectivity index (χ2n) is 5.11. The highest BCUT2D eigenvalue weighted by molar-refractivity contribution is 5.73. The van der Waals surface area contributed by atoms with Crippen LogP contribution >= 0.6 is 0 Å². The van der Waals surface area contributed by atoms with Crippen LogP contribution in [0.2, 0.25) is 0 Å². The van der Waals surface area contributed by atoms with Gasteiger partial charge >= 0.3 is 0 Å². The van der Waals surface area contributed by atoms with Crippen molar-refractivity contribution in [1.29, 1.82) is 0 Å². The topological polar surface area (TPSA) is 29.5 Å². The van der Waals surface area contributed by atoms with E-state index in [1.165, 1.54) is 0 Å². The molecule has 0 saturated carbocycles. The molecule has 15 heavy (non-hydrogen) atoms. The molecule has 0 aromatic carbocycles. The van der Waals surface area contributed by atoms with Crippen LogP contribution in [0.15, 0.2) is 0 Å². The zero-order chi connectivity index (χ0) is 11.6. The third-order valence-corrected chi connectivity index (χ3v) is 3.22. The van der Waals surface area contributed by atoms with Crippen LogP contribution in [0, 0.1) is 11.8 Å². The van der Waals surface area contributed by atoms with Crippen molar-refractivity contribution in [3.63, 3.8) is 0 Å². The summed E-state index contributed by atoms with van der Waals surface area (Å²) in [5.74, 6) is 1.15. The van der Waals surface area contributed by atoms with Crippen molar-refractivity contribution in [2.75, 3.05) is 6.73 Å². The minimum Gasteiger partial charge on any atom is -0.357 e. The Bertz CT molecular complexity index is 226. The number of carbonyl (C=O) groups excluding carboxylic acids is 1. The van der Waals surface area contributed by atoms with Crippen molar-refractivity contribution in [2.45, 2.75) is 53.2 Å². The van der Waals surface area contributed by atoms with Gasteiger partial charge in [-0.15, -0.1) is 0 Å². The van der Waals surface area contributed by atoms with Crippen molar-refractivity contribution in [3.8, 4) is 0 Å². The van der Waals surface area contributed by atoms with E-state index >= 15 is 0 Å². The minimum atomic E-state index is 0.121. The summed E-state index contributed by atoms with van der Waals surface area (Å²) in [4.78, 5) is 13.3. The molecule has 0 spiro atoms. The smallest absolute Gasteiger partial charge is 0.221 e. The molecule has 0 aromatic rings. The Morgan fingerprint density at radius 1 is 1.27 bits per heavy atom. The van der Waals surface area contributed by atoms with E-state index in [1.54, 1.807) is 6.92 Å². The lowest BCUT2D eigenvalue weighted by molar-refractivity contribution is -0.159. The van der Waals surface area contributed by atoms with Gasteiger partial charge in [-0.1, -0.05) is 27.7 Å². The third-order valence-electron chi connectivity index (χ3n) is 3.22. The van der Waals surface area contributed by atoms with Crippen LogP contribution in [-0.4, -0.2) is 29.7 Å². The van der Waals surface area contributed by atoms with Gasteiger partial charge in [-0.3, -0.25) is 4.79 Å². The van der Waals surface area contributed by atoms with E-state index in [2.05, 4.69) is 27.7 Å². The van der Waals surface area contributed by atoms with Gasteiger partial charge in [0, 0.05) is 13.0 Å². The Kier molecular flexibility index (Phi) is 4.14. The number of rotatable bonds is 2. The Labute approximate surface area is 92.8 Å². The maximum atomic E-state index is 11.4. The number of carbonyl (C=O) groups is 1. The van der Waals surface area contributed by atoms with Crippen molar-refractivity contribution in [1.82, 2.24) is 4.90 Å². The lowest BCUT2D eigenvalue weighted by Gasteiger charge is -2.42. The Morgan fingerprint density at radius 3 is 2.27 bits per heavy atom. The zero-order valence-corrected chi connectivity index (χ0v) is 10.5. The van der Waals surface area contributed by atoms with Crippen LogP contribution < -0.4 is 0 Å². The van der Waals surface area contributed by atoms with Crippen molar-refractivity contribution < 1.29 is 9.53 Å². The first-order valence-corrected chi connectivity index (χ1v) is 5.82. The summed E-state index contributed by atoms with van der Waals surface area (Å²) in [6, 6.07) is 0.337. The minimum absolute atomic E-state index is 0.121. The van der Waals surface area contributed by atoms with Crippen molar-refractivity contribution in [2.24, 2.45) is 11.8 Å². The van der Waals surface area contributed by atoms with Gasteiger partial charge in [-0.2, -0.15) is 0 Å². The first-order valence-electron chi connectivity index (χ1n) is 5.82. The fourth-order valence-corrected chi connectivity index (χ4v) is 2.13.